The fraction of sp³-hybridized carbons (Fsp3) is 0.263. The van der Waals surface area contributed by atoms with E-state index in [2.05, 4.69) is 0 Å². The number of hydrogen-bond donors (Lipinski definition) is 3. The monoisotopic (exact) mass is 574 g/mol. The van der Waals surface area contributed by atoms with Crippen molar-refractivity contribution in [3.63, 3.8) is 0 Å². The normalized spacial score (nSPS) is 22.2. The number of carboxylic acids is 2. The second kappa shape index (κ2) is 11.0. The van der Waals surface area contributed by atoms with E-state index in [1.807, 2.05) is 113 Å². The maximum Gasteiger partial charge on any atom is 0.320 e. The third kappa shape index (κ3) is 4.59. The van der Waals surface area contributed by atoms with Gasteiger partial charge in [0.05, 0.1) is 6.10 Å². The number of aliphatic hydroxyl groups excluding tert-OH is 1. The van der Waals surface area contributed by atoms with Crippen molar-refractivity contribution < 1.29 is 24.9 Å². The fourth-order valence-electron chi connectivity index (χ4n) is 6.97. The summed E-state index contributed by atoms with van der Waals surface area (Å²) in [5.74, 6) is -2.58. The van der Waals surface area contributed by atoms with Crippen molar-refractivity contribution >= 4 is 11.9 Å². The minimum atomic E-state index is -2.04. The van der Waals surface area contributed by atoms with Crippen LogP contribution < -0.4 is 0 Å². The molecule has 0 saturated carbocycles. The lowest BCUT2D eigenvalue weighted by molar-refractivity contribution is -0.158. The Morgan fingerprint density at radius 1 is 0.628 bits per heavy atom. The Morgan fingerprint density at radius 2 is 1.05 bits per heavy atom. The van der Waals surface area contributed by atoms with Crippen molar-refractivity contribution in [1.29, 1.82) is 0 Å². The summed E-state index contributed by atoms with van der Waals surface area (Å²) in [6, 6.07) is 33.9. The van der Waals surface area contributed by atoms with E-state index in [0.29, 0.717) is 16.7 Å². The van der Waals surface area contributed by atoms with Crippen molar-refractivity contribution in [2.24, 2.45) is 0 Å². The first-order valence-electron chi connectivity index (χ1n) is 14.6. The summed E-state index contributed by atoms with van der Waals surface area (Å²) in [6.45, 7) is 8.06. The molecule has 43 heavy (non-hydrogen) atoms. The minimum absolute atomic E-state index is 0.0648. The van der Waals surface area contributed by atoms with E-state index < -0.39 is 39.7 Å². The average molecular weight is 575 g/mol. The highest BCUT2D eigenvalue weighted by Crippen LogP contribution is 2.52. The molecule has 0 bridgehead atoms. The van der Waals surface area contributed by atoms with Gasteiger partial charge in [0.15, 0.2) is 0 Å². The van der Waals surface area contributed by atoms with Crippen LogP contribution >= 0.6 is 0 Å². The van der Waals surface area contributed by atoms with Crippen molar-refractivity contribution in [1.82, 2.24) is 0 Å². The molecule has 0 aromatic heterocycles. The molecule has 0 aliphatic heterocycles. The van der Waals surface area contributed by atoms with E-state index in [4.69, 9.17) is 0 Å². The number of aliphatic carboxylic acids is 2. The van der Waals surface area contributed by atoms with Gasteiger partial charge in [-0.1, -0.05) is 149 Å². The van der Waals surface area contributed by atoms with Crippen molar-refractivity contribution in [2.45, 2.75) is 61.9 Å². The maximum atomic E-state index is 13.6. The van der Waals surface area contributed by atoms with Gasteiger partial charge in [0, 0.05) is 10.8 Å². The molecule has 3 N–H and O–H groups in total. The molecule has 0 spiro atoms. The van der Waals surface area contributed by atoms with Gasteiger partial charge in [0.25, 0.3) is 0 Å². The van der Waals surface area contributed by atoms with E-state index in [-0.39, 0.29) is 6.42 Å². The van der Waals surface area contributed by atoms with Crippen LogP contribution in [0.25, 0.3) is 0 Å². The molecule has 220 valence electrons. The van der Waals surface area contributed by atoms with E-state index in [1.165, 1.54) is 6.08 Å². The SMILES string of the molecule is CC(C)(c1ccccc1)c1ccccc1C1(C(=O)O)C=CCC(C(=O)O)(c2ccccc2C(C)(C)c2ccccc2)C1O. The first-order chi connectivity index (χ1) is 20.4. The van der Waals surface area contributed by atoms with Crippen LogP contribution in [-0.2, 0) is 31.2 Å². The van der Waals surface area contributed by atoms with E-state index >= 15 is 0 Å². The van der Waals surface area contributed by atoms with E-state index in [0.717, 1.165) is 16.7 Å². The van der Waals surface area contributed by atoms with Gasteiger partial charge in [-0.15, -0.1) is 0 Å². The first-order valence-corrected chi connectivity index (χ1v) is 14.6. The molecule has 5 nitrogen and oxygen atoms in total. The highest BCUT2D eigenvalue weighted by Gasteiger charge is 2.62. The van der Waals surface area contributed by atoms with Crippen molar-refractivity contribution in [3.8, 4) is 0 Å². The Balaban J connectivity index is 1.78. The minimum Gasteiger partial charge on any atom is -0.480 e. The molecular formula is C38H38O5. The number of aliphatic hydroxyl groups is 1. The van der Waals surface area contributed by atoms with Crippen LogP contribution in [0.4, 0.5) is 0 Å². The third-order valence-corrected chi connectivity index (χ3v) is 9.57. The molecule has 0 heterocycles. The lowest BCUT2D eigenvalue weighted by Crippen LogP contribution is -2.61. The zero-order valence-electron chi connectivity index (χ0n) is 25.0. The third-order valence-electron chi connectivity index (χ3n) is 9.57. The number of carboxylic acid groups (broad SMARTS) is 2. The van der Waals surface area contributed by atoms with Gasteiger partial charge in [-0.3, -0.25) is 9.59 Å². The number of hydrogen-bond acceptors (Lipinski definition) is 3. The summed E-state index contributed by atoms with van der Waals surface area (Å²) < 4.78 is 0. The molecule has 4 aromatic carbocycles. The summed E-state index contributed by atoms with van der Waals surface area (Å²) in [4.78, 5) is 27.1. The molecular weight excluding hydrogens is 536 g/mol. The molecule has 0 saturated heterocycles. The smallest absolute Gasteiger partial charge is 0.320 e. The van der Waals surface area contributed by atoms with Gasteiger partial charge in [-0.2, -0.15) is 0 Å². The molecule has 5 rings (SSSR count). The highest BCUT2D eigenvalue weighted by molar-refractivity contribution is 5.92. The molecule has 5 heteroatoms. The Labute approximate surface area is 253 Å². The van der Waals surface area contributed by atoms with Crippen LogP contribution in [0.3, 0.4) is 0 Å². The molecule has 4 aromatic rings. The predicted octanol–water partition coefficient (Wildman–Crippen LogP) is 7.00. The van der Waals surface area contributed by atoms with Gasteiger partial charge in [0.1, 0.15) is 10.8 Å². The Morgan fingerprint density at radius 3 is 1.51 bits per heavy atom. The lowest BCUT2D eigenvalue weighted by atomic mass is 9.55. The van der Waals surface area contributed by atoms with Crippen molar-refractivity contribution in [2.75, 3.05) is 0 Å². The number of carbonyl (C=O) groups is 2. The molecule has 1 aliphatic carbocycles. The van der Waals surface area contributed by atoms with Crippen LogP contribution in [-0.4, -0.2) is 33.4 Å². The van der Waals surface area contributed by atoms with Crippen LogP contribution in [0.1, 0.15) is 67.5 Å². The second-order valence-electron chi connectivity index (χ2n) is 12.5. The quantitative estimate of drug-likeness (QED) is 0.197. The highest BCUT2D eigenvalue weighted by atomic mass is 16.4. The molecule has 1 aliphatic rings. The van der Waals surface area contributed by atoms with E-state index in [9.17, 15) is 24.9 Å². The summed E-state index contributed by atoms with van der Waals surface area (Å²) >= 11 is 0. The largest absolute Gasteiger partial charge is 0.480 e. The van der Waals surface area contributed by atoms with Crippen LogP contribution in [0.2, 0.25) is 0 Å². The topological polar surface area (TPSA) is 94.8 Å². The summed E-state index contributed by atoms with van der Waals surface area (Å²) in [5, 5.41) is 34.6. The zero-order chi connectivity index (χ0) is 31.0. The lowest BCUT2D eigenvalue weighted by Gasteiger charge is -2.48. The number of rotatable bonds is 8. The van der Waals surface area contributed by atoms with Gasteiger partial charge in [-0.25, -0.2) is 0 Å². The van der Waals surface area contributed by atoms with Crippen LogP contribution in [0.15, 0.2) is 121 Å². The van der Waals surface area contributed by atoms with Gasteiger partial charge in [-0.05, 0) is 39.8 Å². The van der Waals surface area contributed by atoms with Gasteiger partial charge in [0.2, 0.25) is 0 Å². The Hall–Kier alpha value is -4.48. The average Bonchev–Trinajstić information content (AvgIpc) is 3.02. The Bertz CT molecular complexity index is 1670. The van der Waals surface area contributed by atoms with Gasteiger partial charge < -0.3 is 15.3 Å². The number of allylic oxidation sites excluding steroid dienone is 1. The summed E-state index contributed by atoms with van der Waals surface area (Å²) in [7, 11) is 0. The molecule has 3 atom stereocenters. The maximum absolute atomic E-state index is 13.6. The molecule has 0 amide bonds. The molecule has 0 fully saturated rings. The van der Waals surface area contributed by atoms with Crippen molar-refractivity contribution in [3.05, 3.63) is 155 Å². The van der Waals surface area contributed by atoms with Crippen LogP contribution in [0, 0.1) is 0 Å². The predicted molar refractivity (Wildman–Crippen MR) is 168 cm³/mol. The summed E-state index contributed by atoms with van der Waals surface area (Å²) in [5.41, 5.74) is -1.14. The fourth-order valence-corrected chi connectivity index (χ4v) is 6.97. The standard InChI is InChI=1S/C38H38O5/c1-35(2,26-16-7-5-8-17-26)28-20-11-13-22-30(28)37(33(40)41)24-15-25-38(32(37)39,34(42)43)31-23-14-12-21-29(31)36(3,4)27-18-9-6-10-19-27/h5-24,32,39H,25H2,1-4H3,(H,40,41)(H,42,43). The Kier molecular flexibility index (Phi) is 7.66. The van der Waals surface area contributed by atoms with Gasteiger partial charge >= 0.3 is 11.9 Å². The molecule has 3 unspecified atom stereocenters. The summed E-state index contributed by atoms with van der Waals surface area (Å²) in [6.07, 6.45) is 1.21. The van der Waals surface area contributed by atoms with E-state index in [1.54, 1.807) is 30.3 Å². The zero-order valence-corrected chi connectivity index (χ0v) is 25.0. The molecule has 0 radical (unpaired) electrons. The second-order valence-corrected chi connectivity index (χ2v) is 12.5. The van der Waals surface area contributed by atoms with Crippen LogP contribution in [0.5, 0.6) is 0 Å². The first kappa shape index (κ1) is 30.0. The number of benzene rings is 4.